The molecule has 1 amide bonds. The first-order valence-corrected chi connectivity index (χ1v) is 12.0. The normalized spacial score (nSPS) is 11.1. The highest BCUT2D eigenvalue weighted by Gasteiger charge is 2.28. The highest BCUT2D eigenvalue weighted by molar-refractivity contribution is 7.89. The monoisotopic (exact) mass is 498 g/mol. The Kier molecular flexibility index (Phi) is 8.45. The van der Waals surface area contributed by atoms with Crippen molar-refractivity contribution in [2.24, 2.45) is 0 Å². The molecule has 0 bridgehead atoms. The SMILES string of the molecule is COC(=O)c1cc(OC)c(OC)cc1NC(=O)CN(Cc1ccccc1)S(=O)(=O)c1ccccc1. The Labute approximate surface area is 204 Å². The van der Waals surface area contributed by atoms with Gasteiger partial charge in [0.05, 0.1) is 44.0 Å². The third kappa shape index (κ3) is 6.17. The predicted molar refractivity (Wildman–Crippen MR) is 130 cm³/mol. The molecule has 0 fully saturated rings. The fraction of sp³-hybridized carbons (Fsp3) is 0.200. The van der Waals surface area contributed by atoms with Crippen LogP contribution in [0, 0.1) is 0 Å². The summed E-state index contributed by atoms with van der Waals surface area (Å²) in [6.07, 6.45) is 0. The van der Waals surface area contributed by atoms with Gasteiger partial charge in [0.2, 0.25) is 15.9 Å². The third-order valence-corrected chi connectivity index (χ3v) is 6.91. The number of carbonyl (C=O) groups excluding carboxylic acids is 2. The van der Waals surface area contributed by atoms with E-state index in [-0.39, 0.29) is 34.2 Å². The van der Waals surface area contributed by atoms with E-state index in [9.17, 15) is 18.0 Å². The van der Waals surface area contributed by atoms with Crippen molar-refractivity contribution in [1.29, 1.82) is 0 Å². The second kappa shape index (κ2) is 11.5. The van der Waals surface area contributed by atoms with Crippen molar-refractivity contribution >= 4 is 27.6 Å². The molecule has 0 saturated carbocycles. The lowest BCUT2D eigenvalue weighted by atomic mass is 10.1. The first-order chi connectivity index (χ1) is 16.8. The zero-order valence-electron chi connectivity index (χ0n) is 19.6. The zero-order chi connectivity index (χ0) is 25.4. The molecular weight excluding hydrogens is 472 g/mol. The number of rotatable bonds is 10. The van der Waals surface area contributed by atoms with Crippen LogP contribution in [0.15, 0.2) is 77.7 Å². The fourth-order valence-electron chi connectivity index (χ4n) is 3.37. The number of amides is 1. The van der Waals surface area contributed by atoms with Crippen LogP contribution < -0.4 is 14.8 Å². The fourth-order valence-corrected chi connectivity index (χ4v) is 4.77. The Bertz CT molecular complexity index is 1280. The predicted octanol–water partition coefficient (Wildman–Crippen LogP) is 3.32. The summed E-state index contributed by atoms with van der Waals surface area (Å²) in [5, 5.41) is 2.61. The Hall–Kier alpha value is -3.89. The molecule has 0 aromatic heterocycles. The number of benzene rings is 3. The van der Waals surface area contributed by atoms with Gasteiger partial charge < -0.3 is 19.5 Å². The Morgan fingerprint density at radius 3 is 2.00 bits per heavy atom. The van der Waals surface area contributed by atoms with Crippen LogP contribution >= 0.6 is 0 Å². The van der Waals surface area contributed by atoms with Crippen LogP contribution in [0.2, 0.25) is 0 Å². The number of methoxy groups -OCH3 is 3. The molecule has 0 saturated heterocycles. The molecule has 1 N–H and O–H groups in total. The Morgan fingerprint density at radius 2 is 1.43 bits per heavy atom. The number of nitrogens with one attached hydrogen (secondary N) is 1. The lowest BCUT2D eigenvalue weighted by Crippen LogP contribution is -2.37. The molecule has 0 radical (unpaired) electrons. The summed E-state index contributed by atoms with van der Waals surface area (Å²) in [5.41, 5.74) is 0.830. The molecule has 0 spiro atoms. The van der Waals surface area contributed by atoms with E-state index >= 15 is 0 Å². The first-order valence-electron chi connectivity index (χ1n) is 10.5. The van der Waals surface area contributed by atoms with Gasteiger partial charge in [-0.2, -0.15) is 4.31 Å². The number of sulfonamides is 1. The van der Waals surface area contributed by atoms with Gasteiger partial charge in [-0.1, -0.05) is 48.5 Å². The summed E-state index contributed by atoms with van der Waals surface area (Å²) in [5.74, 6) is -0.825. The van der Waals surface area contributed by atoms with Crippen molar-refractivity contribution in [1.82, 2.24) is 4.31 Å². The lowest BCUT2D eigenvalue weighted by molar-refractivity contribution is -0.116. The molecule has 3 rings (SSSR count). The van der Waals surface area contributed by atoms with Gasteiger partial charge in [0, 0.05) is 18.7 Å². The molecule has 0 heterocycles. The minimum atomic E-state index is -4.01. The van der Waals surface area contributed by atoms with Gasteiger partial charge in [0.15, 0.2) is 11.5 Å². The van der Waals surface area contributed by atoms with Crippen molar-refractivity contribution in [3.05, 3.63) is 83.9 Å². The van der Waals surface area contributed by atoms with E-state index in [0.29, 0.717) is 5.56 Å². The highest BCUT2D eigenvalue weighted by atomic mass is 32.2. The van der Waals surface area contributed by atoms with Crippen molar-refractivity contribution in [3.63, 3.8) is 0 Å². The largest absolute Gasteiger partial charge is 0.493 e. The van der Waals surface area contributed by atoms with Crippen molar-refractivity contribution in [2.75, 3.05) is 33.2 Å². The van der Waals surface area contributed by atoms with Crippen molar-refractivity contribution in [2.45, 2.75) is 11.4 Å². The average Bonchev–Trinajstić information content (AvgIpc) is 2.88. The van der Waals surface area contributed by atoms with E-state index in [1.807, 2.05) is 6.07 Å². The number of esters is 1. The molecule has 0 atom stereocenters. The van der Waals surface area contributed by atoms with Gasteiger partial charge in [-0.3, -0.25) is 4.79 Å². The van der Waals surface area contributed by atoms with Crippen LogP contribution in [-0.2, 0) is 26.1 Å². The summed E-state index contributed by atoms with van der Waals surface area (Å²) < 4.78 is 43.1. The number of ether oxygens (including phenoxy) is 3. The third-order valence-electron chi connectivity index (χ3n) is 5.11. The maximum Gasteiger partial charge on any atom is 0.340 e. The van der Waals surface area contributed by atoms with Crippen molar-refractivity contribution in [3.8, 4) is 11.5 Å². The summed E-state index contributed by atoms with van der Waals surface area (Å²) >= 11 is 0. The highest BCUT2D eigenvalue weighted by Crippen LogP contribution is 2.34. The van der Waals surface area contributed by atoms with Crippen LogP contribution in [0.3, 0.4) is 0 Å². The van der Waals surface area contributed by atoms with Gasteiger partial charge in [-0.25, -0.2) is 13.2 Å². The maximum atomic E-state index is 13.4. The van der Waals surface area contributed by atoms with E-state index in [0.717, 1.165) is 4.31 Å². The molecule has 0 aliphatic rings. The van der Waals surface area contributed by atoms with Crippen LogP contribution in [0.1, 0.15) is 15.9 Å². The Balaban J connectivity index is 1.94. The van der Waals surface area contributed by atoms with Gasteiger partial charge in [-0.05, 0) is 17.7 Å². The molecule has 0 aliphatic carbocycles. The van der Waals surface area contributed by atoms with E-state index in [1.54, 1.807) is 42.5 Å². The average molecular weight is 499 g/mol. The molecule has 184 valence electrons. The van der Waals surface area contributed by atoms with Crippen LogP contribution in [0.4, 0.5) is 5.69 Å². The molecule has 0 aliphatic heterocycles. The molecule has 0 unspecified atom stereocenters. The van der Waals surface area contributed by atoms with Crippen molar-refractivity contribution < 1.29 is 32.2 Å². The first kappa shape index (κ1) is 25.7. The molecule has 10 heteroatoms. The number of hydrogen-bond donors (Lipinski definition) is 1. The topological polar surface area (TPSA) is 111 Å². The van der Waals surface area contributed by atoms with E-state index in [4.69, 9.17) is 14.2 Å². The summed E-state index contributed by atoms with van der Waals surface area (Å²) in [7, 11) is 0.0238. The lowest BCUT2D eigenvalue weighted by Gasteiger charge is -2.22. The van der Waals surface area contributed by atoms with E-state index < -0.39 is 28.4 Å². The van der Waals surface area contributed by atoms with E-state index in [1.165, 1.54) is 45.6 Å². The van der Waals surface area contributed by atoms with Crippen LogP contribution in [0.5, 0.6) is 11.5 Å². The standard InChI is InChI=1S/C25H26N2O7S/c1-32-22-14-20(25(29)34-3)21(15-23(22)33-2)26-24(28)17-27(16-18-10-6-4-7-11-18)35(30,31)19-12-8-5-9-13-19/h4-15H,16-17H2,1-3H3,(H,26,28). The molecular formula is C25H26N2O7S. The summed E-state index contributed by atoms with van der Waals surface area (Å²) in [6.45, 7) is -0.525. The molecule has 3 aromatic carbocycles. The summed E-state index contributed by atoms with van der Waals surface area (Å²) in [6, 6.07) is 19.6. The van der Waals surface area contributed by atoms with E-state index in [2.05, 4.69) is 5.32 Å². The van der Waals surface area contributed by atoms with Gasteiger partial charge in [-0.15, -0.1) is 0 Å². The minimum absolute atomic E-state index is 0.0265. The minimum Gasteiger partial charge on any atom is -0.493 e. The number of hydrogen-bond acceptors (Lipinski definition) is 7. The number of nitrogens with zero attached hydrogens (tertiary/aromatic N) is 1. The smallest absolute Gasteiger partial charge is 0.340 e. The number of carbonyl (C=O) groups is 2. The maximum absolute atomic E-state index is 13.4. The second-order valence-corrected chi connectivity index (χ2v) is 9.30. The molecule has 35 heavy (non-hydrogen) atoms. The van der Waals surface area contributed by atoms with Gasteiger partial charge in [0.25, 0.3) is 0 Å². The summed E-state index contributed by atoms with van der Waals surface area (Å²) in [4.78, 5) is 25.4. The second-order valence-electron chi connectivity index (χ2n) is 7.36. The van der Waals surface area contributed by atoms with Gasteiger partial charge >= 0.3 is 5.97 Å². The quantitative estimate of drug-likeness (QED) is 0.427. The zero-order valence-corrected chi connectivity index (χ0v) is 20.4. The number of anilines is 1. The molecule has 9 nitrogen and oxygen atoms in total. The van der Waals surface area contributed by atoms with Crippen LogP contribution in [-0.4, -0.2) is 52.5 Å². The Morgan fingerprint density at radius 1 is 0.857 bits per heavy atom. The van der Waals surface area contributed by atoms with Crippen LogP contribution in [0.25, 0.3) is 0 Å². The molecule has 3 aromatic rings. The van der Waals surface area contributed by atoms with Gasteiger partial charge in [0.1, 0.15) is 0 Å².